The molecule has 0 aliphatic rings. The number of amides is 1. The van der Waals surface area contributed by atoms with Crippen molar-refractivity contribution in [2.45, 2.75) is 6.54 Å². The quantitative estimate of drug-likeness (QED) is 0.750. The van der Waals surface area contributed by atoms with Gasteiger partial charge in [0.2, 0.25) is 0 Å². The Morgan fingerprint density at radius 2 is 1.79 bits per heavy atom. The molecule has 3 N–H and O–H groups in total. The monoisotopic (exact) mass is 196 g/mol. The molecule has 0 unspecified atom stereocenters. The Bertz CT molecular complexity index is 256. The number of primary amides is 1. The molecule has 78 valence electrons. The van der Waals surface area contributed by atoms with E-state index in [0.717, 1.165) is 6.54 Å². The lowest BCUT2D eigenvalue weighted by Crippen LogP contribution is -2.10. The van der Waals surface area contributed by atoms with Crippen molar-refractivity contribution in [3.63, 3.8) is 0 Å². The topological polar surface area (TPSA) is 66.6 Å². The second-order valence-electron chi connectivity index (χ2n) is 3.06. The summed E-state index contributed by atoms with van der Waals surface area (Å²) in [5.41, 5.74) is 5.40. The largest absolute Gasteiger partial charge is 0.465 e. The summed E-state index contributed by atoms with van der Waals surface area (Å²) < 4.78 is 0. The van der Waals surface area contributed by atoms with Crippen LogP contribution in [0.3, 0.4) is 0 Å². The van der Waals surface area contributed by atoms with Crippen molar-refractivity contribution >= 4 is 6.09 Å². The standard InChI is InChI=1S/C9H13N.CH3NO2/c1-10(2)8-9-6-4-3-5-7-9;2-1(3)4/h3-7H,8H2,1-2H3;2H2,(H,3,4). The lowest BCUT2D eigenvalue weighted by molar-refractivity contribution is 0.205. The van der Waals surface area contributed by atoms with E-state index in [9.17, 15) is 0 Å². The van der Waals surface area contributed by atoms with Gasteiger partial charge in [-0.1, -0.05) is 30.3 Å². The molecule has 4 heteroatoms. The van der Waals surface area contributed by atoms with Gasteiger partial charge in [0.15, 0.2) is 0 Å². The van der Waals surface area contributed by atoms with E-state index in [1.807, 2.05) is 6.07 Å². The van der Waals surface area contributed by atoms with Gasteiger partial charge < -0.3 is 15.7 Å². The smallest absolute Gasteiger partial charge is 0.402 e. The molecule has 0 aromatic heterocycles. The maximum absolute atomic E-state index is 8.78. The zero-order valence-electron chi connectivity index (χ0n) is 8.47. The van der Waals surface area contributed by atoms with Crippen molar-refractivity contribution in [2.24, 2.45) is 5.73 Å². The third kappa shape index (κ3) is 8.55. The fourth-order valence-electron chi connectivity index (χ4n) is 0.949. The maximum Gasteiger partial charge on any atom is 0.402 e. The van der Waals surface area contributed by atoms with Gasteiger partial charge in [0.05, 0.1) is 0 Å². The fourth-order valence-corrected chi connectivity index (χ4v) is 0.949. The third-order valence-electron chi connectivity index (χ3n) is 1.34. The van der Waals surface area contributed by atoms with Gasteiger partial charge in [0, 0.05) is 6.54 Å². The Hall–Kier alpha value is -1.55. The van der Waals surface area contributed by atoms with Crippen LogP contribution in [0.15, 0.2) is 30.3 Å². The first kappa shape index (κ1) is 12.4. The minimum absolute atomic E-state index is 1.03. The summed E-state index contributed by atoms with van der Waals surface area (Å²) in [5.74, 6) is 0. The number of rotatable bonds is 2. The van der Waals surface area contributed by atoms with Crippen molar-refractivity contribution in [1.82, 2.24) is 4.90 Å². The molecule has 0 saturated heterocycles. The molecule has 0 spiro atoms. The average Bonchev–Trinajstić information content (AvgIpc) is 2.03. The molecule has 0 aliphatic heterocycles. The molecule has 0 saturated carbocycles. The molecule has 1 amide bonds. The number of carboxylic acid groups (broad SMARTS) is 1. The van der Waals surface area contributed by atoms with Gasteiger partial charge in [-0.2, -0.15) is 0 Å². The van der Waals surface area contributed by atoms with Crippen LogP contribution in [0.2, 0.25) is 0 Å². The van der Waals surface area contributed by atoms with Gasteiger partial charge in [0.1, 0.15) is 0 Å². The first-order valence-electron chi connectivity index (χ1n) is 4.19. The molecule has 0 bridgehead atoms. The first-order valence-corrected chi connectivity index (χ1v) is 4.19. The van der Waals surface area contributed by atoms with E-state index < -0.39 is 6.09 Å². The normalized spacial score (nSPS) is 9.07. The Morgan fingerprint density at radius 3 is 2.14 bits per heavy atom. The van der Waals surface area contributed by atoms with E-state index in [4.69, 9.17) is 9.90 Å². The van der Waals surface area contributed by atoms with E-state index in [0.29, 0.717) is 0 Å². The van der Waals surface area contributed by atoms with Crippen molar-refractivity contribution < 1.29 is 9.90 Å². The van der Waals surface area contributed by atoms with E-state index in [2.05, 4.69) is 49.0 Å². The lowest BCUT2D eigenvalue weighted by Gasteiger charge is -2.08. The van der Waals surface area contributed by atoms with Gasteiger partial charge in [-0.25, -0.2) is 4.79 Å². The second kappa shape index (κ2) is 6.91. The number of nitrogens with zero attached hydrogens (tertiary/aromatic N) is 1. The summed E-state index contributed by atoms with van der Waals surface area (Å²) in [6.45, 7) is 1.03. The zero-order chi connectivity index (χ0) is 11.0. The lowest BCUT2D eigenvalue weighted by atomic mass is 10.2. The van der Waals surface area contributed by atoms with Crippen LogP contribution in [0.4, 0.5) is 4.79 Å². The van der Waals surface area contributed by atoms with E-state index in [1.54, 1.807) is 0 Å². The van der Waals surface area contributed by atoms with Crippen LogP contribution in [-0.4, -0.2) is 30.2 Å². The minimum Gasteiger partial charge on any atom is -0.465 e. The van der Waals surface area contributed by atoms with E-state index in [1.165, 1.54) is 5.56 Å². The Morgan fingerprint density at radius 1 is 1.36 bits per heavy atom. The van der Waals surface area contributed by atoms with Crippen LogP contribution in [0.5, 0.6) is 0 Å². The number of carbonyl (C=O) groups is 1. The summed E-state index contributed by atoms with van der Waals surface area (Å²) in [7, 11) is 4.15. The number of benzene rings is 1. The molecule has 0 fully saturated rings. The molecule has 14 heavy (non-hydrogen) atoms. The van der Waals surface area contributed by atoms with Gasteiger partial charge in [0.25, 0.3) is 0 Å². The maximum atomic E-state index is 8.78. The molecule has 1 aromatic carbocycles. The average molecular weight is 196 g/mol. The summed E-state index contributed by atoms with van der Waals surface area (Å²) in [5, 5.41) is 7.19. The van der Waals surface area contributed by atoms with Crippen LogP contribution in [0.25, 0.3) is 0 Å². The van der Waals surface area contributed by atoms with Crippen molar-refractivity contribution in [3.05, 3.63) is 35.9 Å². The molecule has 0 aliphatic carbocycles. The van der Waals surface area contributed by atoms with E-state index >= 15 is 0 Å². The van der Waals surface area contributed by atoms with Crippen LogP contribution in [0.1, 0.15) is 5.56 Å². The summed E-state index contributed by atoms with van der Waals surface area (Å²) in [6.07, 6.45) is -1.33. The minimum atomic E-state index is -1.33. The molecule has 0 heterocycles. The van der Waals surface area contributed by atoms with E-state index in [-0.39, 0.29) is 0 Å². The number of nitrogens with two attached hydrogens (primary N) is 1. The molecule has 1 rings (SSSR count). The van der Waals surface area contributed by atoms with Gasteiger partial charge >= 0.3 is 6.09 Å². The summed E-state index contributed by atoms with van der Waals surface area (Å²) in [4.78, 5) is 10.9. The third-order valence-corrected chi connectivity index (χ3v) is 1.34. The molecular formula is C10H16N2O2. The Kier molecular flexibility index (Phi) is 6.15. The van der Waals surface area contributed by atoms with Crippen LogP contribution < -0.4 is 5.73 Å². The highest BCUT2D eigenvalue weighted by Gasteiger charge is 1.90. The van der Waals surface area contributed by atoms with Crippen molar-refractivity contribution in [3.8, 4) is 0 Å². The van der Waals surface area contributed by atoms with Gasteiger partial charge in [-0.3, -0.25) is 0 Å². The fraction of sp³-hybridized carbons (Fsp3) is 0.300. The molecule has 1 aromatic rings. The summed E-state index contributed by atoms with van der Waals surface area (Å²) >= 11 is 0. The number of hydrogen-bond acceptors (Lipinski definition) is 2. The zero-order valence-corrected chi connectivity index (χ0v) is 8.47. The highest BCUT2D eigenvalue weighted by molar-refractivity contribution is 5.61. The summed E-state index contributed by atoms with van der Waals surface area (Å²) in [6, 6.07) is 10.5. The first-order chi connectivity index (χ1) is 6.52. The predicted molar refractivity (Wildman–Crippen MR) is 56.0 cm³/mol. The molecule has 4 nitrogen and oxygen atoms in total. The molecule has 0 radical (unpaired) electrons. The van der Waals surface area contributed by atoms with Crippen LogP contribution >= 0.6 is 0 Å². The number of hydrogen-bond donors (Lipinski definition) is 2. The Labute approximate surface area is 84.0 Å². The van der Waals surface area contributed by atoms with Crippen LogP contribution in [-0.2, 0) is 6.54 Å². The SMILES string of the molecule is CN(C)Cc1ccccc1.NC(=O)O. The molecular weight excluding hydrogens is 180 g/mol. The highest BCUT2D eigenvalue weighted by Crippen LogP contribution is 1.99. The Balaban J connectivity index is 0.000000364. The van der Waals surface area contributed by atoms with Gasteiger partial charge in [-0.15, -0.1) is 0 Å². The second-order valence-corrected chi connectivity index (χ2v) is 3.06. The van der Waals surface area contributed by atoms with Crippen molar-refractivity contribution in [1.29, 1.82) is 0 Å². The highest BCUT2D eigenvalue weighted by atomic mass is 16.4. The van der Waals surface area contributed by atoms with Gasteiger partial charge in [-0.05, 0) is 19.7 Å². The predicted octanol–water partition coefficient (Wildman–Crippen LogP) is 1.37. The van der Waals surface area contributed by atoms with Crippen molar-refractivity contribution in [2.75, 3.05) is 14.1 Å². The van der Waals surface area contributed by atoms with Crippen LogP contribution in [0, 0.1) is 0 Å². The molecule has 0 atom stereocenters.